The molecular weight excluding hydrogens is 347 g/mol. The van der Waals surface area contributed by atoms with Crippen LogP contribution in [-0.4, -0.2) is 53.2 Å². The standard InChI is InChI=1S/C16H20F3N7/c1-25(2)14-3-6-20-15(24-14)26-7-4-11(5-8-26)23-13-9-12(16(17,18)19)21-10-22-13/h3,6,9-11H,4-5,7-8H2,1-2H3,(H,21,22,23). The van der Waals surface area contributed by atoms with E-state index in [0.29, 0.717) is 19.0 Å². The molecular formula is C16H20F3N7. The fraction of sp³-hybridized carbons (Fsp3) is 0.500. The minimum absolute atomic E-state index is 0.0410. The molecule has 2 aromatic rings. The van der Waals surface area contributed by atoms with Gasteiger partial charge in [-0.3, -0.25) is 0 Å². The van der Waals surface area contributed by atoms with Crippen LogP contribution in [0.4, 0.5) is 30.8 Å². The quantitative estimate of drug-likeness (QED) is 0.890. The molecule has 0 unspecified atom stereocenters. The average Bonchev–Trinajstić information content (AvgIpc) is 2.62. The summed E-state index contributed by atoms with van der Waals surface area (Å²) >= 11 is 0. The van der Waals surface area contributed by atoms with Crippen LogP contribution in [0.1, 0.15) is 18.5 Å². The second kappa shape index (κ2) is 7.30. The van der Waals surface area contributed by atoms with Crippen LogP contribution in [0.25, 0.3) is 0 Å². The van der Waals surface area contributed by atoms with Gasteiger partial charge in [0.25, 0.3) is 0 Å². The summed E-state index contributed by atoms with van der Waals surface area (Å²) in [5.74, 6) is 1.68. The average molecular weight is 367 g/mol. The molecule has 10 heteroatoms. The van der Waals surface area contributed by atoms with Crippen LogP contribution in [0.2, 0.25) is 0 Å². The van der Waals surface area contributed by atoms with Crippen molar-refractivity contribution in [3.63, 3.8) is 0 Å². The van der Waals surface area contributed by atoms with E-state index in [0.717, 1.165) is 31.1 Å². The predicted octanol–water partition coefficient (Wildman–Crippen LogP) is 2.43. The molecule has 0 aromatic carbocycles. The van der Waals surface area contributed by atoms with Crippen molar-refractivity contribution in [1.29, 1.82) is 0 Å². The van der Waals surface area contributed by atoms with Gasteiger partial charge >= 0.3 is 6.18 Å². The van der Waals surface area contributed by atoms with Crippen molar-refractivity contribution in [2.75, 3.05) is 42.3 Å². The highest BCUT2D eigenvalue weighted by Crippen LogP contribution is 2.28. The molecule has 7 nitrogen and oxygen atoms in total. The van der Waals surface area contributed by atoms with Crippen LogP contribution in [0.15, 0.2) is 24.7 Å². The molecule has 1 aliphatic rings. The van der Waals surface area contributed by atoms with Crippen molar-refractivity contribution in [2.24, 2.45) is 0 Å². The topological polar surface area (TPSA) is 70.1 Å². The van der Waals surface area contributed by atoms with Crippen LogP contribution in [0.3, 0.4) is 0 Å². The maximum Gasteiger partial charge on any atom is 0.433 e. The lowest BCUT2D eigenvalue weighted by Gasteiger charge is -2.32. The fourth-order valence-electron chi connectivity index (χ4n) is 2.76. The number of aromatic nitrogens is 4. The molecule has 1 N–H and O–H groups in total. The number of piperidine rings is 1. The zero-order chi connectivity index (χ0) is 18.7. The zero-order valence-corrected chi connectivity index (χ0v) is 14.5. The number of alkyl halides is 3. The van der Waals surface area contributed by atoms with E-state index in [9.17, 15) is 13.2 Å². The van der Waals surface area contributed by atoms with Gasteiger partial charge in [0.1, 0.15) is 23.7 Å². The summed E-state index contributed by atoms with van der Waals surface area (Å²) in [6, 6.07) is 2.82. The predicted molar refractivity (Wildman–Crippen MR) is 92.3 cm³/mol. The van der Waals surface area contributed by atoms with E-state index in [1.807, 2.05) is 25.1 Å². The molecule has 1 fully saturated rings. The van der Waals surface area contributed by atoms with Crippen molar-refractivity contribution in [3.05, 3.63) is 30.4 Å². The Balaban J connectivity index is 1.60. The minimum atomic E-state index is -4.47. The Labute approximate surface area is 149 Å². The maximum absolute atomic E-state index is 12.7. The Bertz CT molecular complexity index is 743. The van der Waals surface area contributed by atoms with Gasteiger partial charge in [0, 0.05) is 45.5 Å². The number of nitrogens with one attached hydrogen (secondary N) is 1. The Morgan fingerprint density at radius 2 is 1.88 bits per heavy atom. The molecule has 0 amide bonds. The monoisotopic (exact) mass is 367 g/mol. The Morgan fingerprint density at radius 3 is 2.54 bits per heavy atom. The first kappa shape index (κ1) is 18.2. The van der Waals surface area contributed by atoms with Crippen molar-refractivity contribution in [2.45, 2.75) is 25.1 Å². The maximum atomic E-state index is 12.7. The summed E-state index contributed by atoms with van der Waals surface area (Å²) in [5, 5.41) is 3.07. The third-order valence-corrected chi connectivity index (χ3v) is 4.17. The van der Waals surface area contributed by atoms with E-state index in [2.05, 4.69) is 30.2 Å². The van der Waals surface area contributed by atoms with Crippen LogP contribution < -0.4 is 15.1 Å². The highest BCUT2D eigenvalue weighted by Gasteiger charge is 2.33. The summed E-state index contributed by atoms with van der Waals surface area (Å²) in [5.41, 5.74) is -0.943. The first-order valence-corrected chi connectivity index (χ1v) is 8.24. The molecule has 0 spiro atoms. The van der Waals surface area contributed by atoms with E-state index >= 15 is 0 Å². The largest absolute Gasteiger partial charge is 0.433 e. The van der Waals surface area contributed by atoms with Gasteiger partial charge in [0.05, 0.1) is 0 Å². The molecule has 0 saturated carbocycles. The smallest absolute Gasteiger partial charge is 0.367 e. The second-order valence-corrected chi connectivity index (χ2v) is 6.30. The van der Waals surface area contributed by atoms with Gasteiger partial charge in [-0.2, -0.15) is 18.2 Å². The molecule has 0 atom stereocenters. The number of nitrogens with zero attached hydrogens (tertiary/aromatic N) is 6. The van der Waals surface area contributed by atoms with Gasteiger partial charge < -0.3 is 15.1 Å². The highest BCUT2D eigenvalue weighted by atomic mass is 19.4. The lowest BCUT2D eigenvalue weighted by atomic mass is 10.1. The van der Waals surface area contributed by atoms with Crippen LogP contribution in [0.5, 0.6) is 0 Å². The molecule has 2 aromatic heterocycles. The lowest BCUT2D eigenvalue weighted by Crippen LogP contribution is -2.40. The molecule has 0 aliphatic carbocycles. The summed E-state index contributed by atoms with van der Waals surface area (Å²) in [4.78, 5) is 20.0. The summed E-state index contributed by atoms with van der Waals surface area (Å²) < 4.78 is 38.2. The summed E-state index contributed by atoms with van der Waals surface area (Å²) in [7, 11) is 3.83. The van der Waals surface area contributed by atoms with Crippen molar-refractivity contribution in [3.8, 4) is 0 Å². The Kier molecular flexibility index (Phi) is 5.10. The van der Waals surface area contributed by atoms with Gasteiger partial charge in [-0.15, -0.1) is 0 Å². The van der Waals surface area contributed by atoms with Crippen LogP contribution >= 0.6 is 0 Å². The van der Waals surface area contributed by atoms with E-state index < -0.39 is 11.9 Å². The lowest BCUT2D eigenvalue weighted by molar-refractivity contribution is -0.141. The fourth-order valence-corrected chi connectivity index (χ4v) is 2.76. The molecule has 3 rings (SSSR count). The Morgan fingerprint density at radius 1 is 1.15 bits per heavy atom. The summed E-state index contributed by atoms with van der Waals surface area (Å²) in [6.07, 6.45) is -0.318. The number of rotatable bonds is 4. The number of hydrogen-bond acceptors (Lipinski definition) is 7. The van der Waals surface area contributed by atoms with Crippen molar-refractivity contribution >= 4 is 17.6 Å². The van der Waals surface area contributed by atoms with E-state index in [1.165, 1.54) is 0 Å². The van der Waals surface area contributed by atoms with E-state index in [-0.39, 0.29) is 11.9 Å². The molecule has 1 saturated heterocycles. The first-order valence-electron chi connectivity index (χ1n) is 8.24. The van der Waals surface area contributed by atoms with Gasteiger partial charge in [-0.1, -0.05) is 0 Å². The van der Waals surface area contributed by atoms with E-state index in [4.69, 9.17) is 0 Å². The molecule has 3 heterocycles. The van der Waals surface area contributed by atoms with Gasteiger partial charge in [-0.25, -0.2) is 15.0 Å². The zero-order valence-electron chi connectivity index (χ0n) is 14.5. The molecule has 0 bridgehead atoms. The van der Waals surface area contributed by atoms with Gasteiger partial charge in [-0.05, 0) is 18.9 Å². The molecule has 1 aliphatic heterocycles. The van der Waals surface area contributed by atoms with Gasteiger partial charge in [0.2, 0.25) is 5.95 Å². The molecule has 140 valence electrons. The van der Waals surface area contributed by atoms with Gasteiger partial charge in [0.15, 0.2) is 0 Å². The van der Waals surface area contributed by atoms with Crippen molar-refractivity contribution in [1.82, 2.24) is 19.9 Å². The normalized spacial score (nSPS) is 15.8. The molecule has 26 heavy (non-hydrogen) atoms. The van der Waals surface area contributed by atoms with Crippen molar-refractivity contribution < 1.29 is 13.2 Å². The SMILES string of the molecule is CN(C)c1ccnc(N2CCC(Nc3cc(C(F)(F)F)ncn3)CC2)n1. The molecule has 0 radical (unpaired) electrons. The minimum Gasteiger partial charge on any atom is -0.367 e. The third-order valence-electron chi connectivity index (χ3n) is 4.17. The number of anilines is 3. The highest BCUT2D eigenvalue weighted by molar-refractivity contribution is 5.43. The summed E-state index contributed by atoms with van der Waals surface area (Å²) in [6.45, 7) is 1.43. The Hall–Kier alpha value is -2.65. The van der Waals surface area contributed by atoms with Crippen LogP contribution in [-0.2, 0) is 6.18 Å². The van der Waals surface area contributed by atoms with Crippen LogP contribution in [0, 0.1) is 0 Å². The number of hydrogen-bond donors (Lipinski definition) is 1. The third kappa shape index (κ3) is 4.30. The van der Waals surface area contributed by atoms with E-state index in [1.54, 1.807) is 6.20 Å². The first-order chi connectivity index (χ1) is 12.3. The second-order valence-electron chi connectivity index (χ2n) is 6.30. The number of halogens is 3.